The van der Waals surface area contributed by atoms with Crippen molar-refractivity contribution in [2.45, 2.75) is 43.2 Å². The second-order valence-corrected chi connectivity index (χ2v) is 7.99. The van der Waals surface area contributed by atoms with Gasteiger partial charge in [-0.15, -0.1) is 0 Å². The van der Waals surface area contributed by atoms with Crippen molar-refractivity contribution in [2.75, 3.05) is 5.32 Å². The minimum atomic E-state index is -0.653. The molecular weight excluding hydrogens is 372 g/mol. The smallest absolute Gasteiger partial charge is 0.314 e. The Bertz CT molecular complexity index is 861. The summed E-state index contributed by atoms with van der Waals surface area (Å²) in [6.07, 6.45) is 4.06. The molecule has 1 saturated carbocycles. The second kappa shape index (κ2) is 7.32. The van der Waals surface area contributed by atoms with Crippen LogP contribution < -0.4 is 10.6 Å². The van der Waals surface area contributed by atoms with Crippen LogP contribution in [0.25, 0.3) is 5.69 Å². The van der Waals surface area contributed by atoms with Gasteiger partial charge < -0.3 is 10.6 Å². The van der Waals surface area contributed by atoms with Gasteiger partial charge in [0, 0.05) is 28.1 Å². The predicted molar refractivity (Wildman–Crippen MR) is 103 cm³/mol. The van der Waals surface area contributed by atoms with E-state index in [1.165, 1.54) is 0 Å². The number of carbonyl (C=O) groups excluding carboxylic acids is 2. The van der Waals surface area contributed by atoms with Crippen LogP contribution in [0.3, 0.4) is 0 Å². The maximum absolute atomic E-state index is 12.5. The van der Waals surface area contributed by atoms with Crippen molar-refractivity contribution in [3.63, 3.8) is 0 Å². The Kier molecular flexibility index (Phi) is 4.91. The molecule has 4 rings (SSSR count). The second-order valence-electron chi connectivity index (χ2n) is 6.57. The molecule has 2 aliphatic rings. The third-order valence-electron chi connectivity index (χ3n) is 4.73. The molecule has 0 spiro atoms. The number of aromatic nitrogens is 2. The highest BCUT2D eigenvalue weighted by Gasteiger charge is 2.27. The number of amides is 2. The molecule has 26 heavy (non-hydrogen) atoms. The molecule has 6 nitrogen and oxygen atoms in total. The van der Waals surface area contributed by atoms with E-state index < -0.39 is 11.8 Å². The predicted octanol–water partition coefficient (Wildman–Crippen LogP) is 3.27. The van der Waals surface area contributed by atoms with Gasteiger partial charge in [0.2, 0.25) is 0 Å². The number of benzene rings is 1. The molecule has 0 atom stereocenters. The van der Waals surface area contributed by atoms with Crippen LogP contribution in [0.1, 0.15) is 36.9 Å². The Morgan fingerprint density at radius 2 is 2.00 bits per heavy atom. The van der Waals surface area contributed by atoms with E-state index in [0.717, 1.165) is 54.1 Å². The Morgan fingerprint density at radius 3 is 2.77 bits per heavy atom. The molecule has 1 aliphatic carbocycles. The summed E-state index contributed by atoms with van der Waals surface area (Å²) in [5.41, 5.74) is 2.65. The van der Waals surface area contributed by atoms with Gasteiger partial charge in [0.1, 0.15) is 5.82 Å². The average Bonchev–Trinajstić information content (AvgIpc) is 3.33. The fraction of sp³-hybridized carbons (Fsp3) is 0.389. The van der Waals surface area contributed by atoms with E-state index in [0.29, 0.717) is 10.8 Å². The quantitative estimate of drug-likeness (QED) is 0.788. The first-order valence-electron chi connectivity index (χ1n) is 8.68. The number of halogens is 1. The zero-order chi connectivity index (χ0) is 18.1. The van der Waals surface area contributed by atoms with Gasteiger partial charge in [0.15, 0.2) is 0 Å². The van der Waals surface area contributed by atoms with Crippen molar-refractivity contribution in [3.8, 4) is 5.69 Å². The zero-order valence-corrected chi connectivity index (χ0v) is 15.7. The van der Waals surface area contributed by atoms with Gasteiger partial charge in [0.25, 0.3) is 0 Å². The monoisotopic (exact) mass is 390 g/mol. The summed E-state index contributed by atoms with van der Waals surface area (Å²) < 4.78 is 1.66. The molecule has 2 amide bonds. The Hall–Kier alpha value is -1.99. The van der Waals surface area contributed by atoms with Crippen LogP contribution in [-0.2, 0) is 21.1 Å². The molecule has 0 bridgehead atoms. The molecular formula is C18H19ClN4O2S. The first kappa shape index (κ1) is 17.4. The van der Waals surface area contributed by atoms with Crippen LogP contribution in [0.2, 0.25) is 5.02 Å². The molecule has 2 heterocycles. The summed E-state index contributed by atoms with van der Waals surface area (Å²) in [5.74, 6) is 0.865. The molecule has 2 aromatic rings. The van der Waals surface area contributed by atoms with Crippen molar-refractivity contribution >= 4 is 41.0 Å². The number of rotatable bonds is 3. The maximum atomic E-state index is 12.5. The maximum Gasteiger partial charge on any atom is 0.314 e. The van der Waals surface area contributed by atoms with Crippen molar-refractivity contribution < 1.29 is 9.59 Å². The van der Waals surface area contributed by atoms with Gasteiger partial charge in [0.05, 0.1) is 11.4 Å². The van der Waals surface area contributed by atoms with Crippen molar-refractivity contribution in [3.05, 3.63) is 40.5 Å². The van der Waals surface area contributed by atoms with Gasteiger partial charge >= 0.3 is 11.8 Å². The van der Waals surface area contributed by atoms with Crippen LogP contribution in [0.15, 0.2) is 24.3 Å². The molecule has 8 heteroatoms. The molecule has 2 N–H and O–H groups in total. The summed E-state index contributed by atoms with van der Waals surface area (Å²) in [5, 5.41) is 10.8. The summed E-state index contributed by atoms with van der Waals surface area (Å²) in [7, 11) is 0. The molecule has 1 aromatic carbocycles. The van der Waals surface area contributed by atoms with E-state index in [9.17, 15) is 9.59 Å². The summed E-state index contributed by atoms with van der Waals surface area (Å²) >= 11 is 7.83. The van der Waals surface area contributed by atoms with Crippen LogP contribution in [0.5, 0.6) is 0 Å². The number of anilines is 1. The third-order valence-corrected chi connectivity index (χ3v) is 5.94. The number of nitrogens with zero attached hydrogens (tertiary/aromatic N) is 2. The van der Waals surface area contributed by atoms with Crippen molar-refractivity contribution in [1.29, 1.82) is 0 Å². The molecule has 0 saturated heterocycles. The SMILES string of the molecule is O=C(Nc1c2c(nn1-c1cccc(Cl)c1)CSC2)C(=O)NC1CCCC1. The number of nitrogens with one attached hydrogen (secondary N) is 2. The minimum absolute atomic E-state index is 0.104. The van der Waals surface area contributed by atoms with Crippen LogP contribution in [0.4, 0.5) is 5.82 Å². The Balaban J connectivity index is 1.59. The summed E-state index contributed by atoms with van der Waals surface area (Å²) in [6.45, 7) is 0. The largest absolute Gasteiger partial charge is 0.345 e. The molecule has 1 fully saturated rings. The highest BCUT2D eigenvalue weighted by atomic mass is 35.5. The lowest BCUT2D eigenvalue weighted by molar-refractivity contribution is -0.136. The van der Waals surface area contributed by atoms with E-state index in [2.05, 4.69) is 15.7 Å². The van der Waals surface area contributed by atoms with Gasteiger partial charge in [-0.3, -0.25) is 9.59 Å². The van der Waals surface area contributed by atoms with Crippen molar-refractivity contribution in [1.82, 2.24) is 15.1 Å². The van der Waals surface area contributed by atoms with Crippen molar-refractivity contribution in [2.24, 2.45) is 0 Å². The topological polar surface area (TPSA) is 76.0 Å². The first-order chi connectivity index (χ1) is 12.6. The lowest BCUT2D eigenvalue weighted by Gasteiger charge is -2.13. The number of thioether (sulfide) groups is 1. The first-order valence-corrected chi connectivity index (χ1v) is 10.2. The lowest BCUT2D eigenvalue weighted by Crippen LogP contribution is -2.41. The third kappa shape index (κ3) is 3.46. The van der Waals surface area contributed by atoms with Crippen LogP contribution >= 0.6 is 23.4 Å². The van der Waals surface area contributed by atoms with Gasteiger partial charge in [-0.05, 0) is 31.0 Å². The minimum Gasteiger partial charge on any atom is -0.345 e. The van der Waals surface area contributed by atoms with E-state index in [1.54, 1.807) is 28.6 Å². The number of carbonyl (C=O) groups is 2. The van der Waals surface area contributed by atoms with Gasteiger partial charge in [-0.25, -0.2) is 4.68 Å². The number of fused-ring (bicyclic) bond motifs is 1. The normalized spacial score (nSPS) is 16.5. The lowest BCUT2D eigenvalue weighted by atomic mass is 10.2. The molecule has 0 radical (unpaired) electrons. The zero-order valence-electron chi connectivity index (χ0n) is 14.1. The van der Waals surface area contributed by atoms with Crippen LogP contribution in [-0.4, -0.2) is 27.6 Å². The molecule has 136 valence electrons. The van der Waals surface area contributed by atoms with E-state index in [1.807, 2.05) is 12.1 Å². The number of hydrogen-bond acceptors (Lipinski definition) is 4. The van der Waals surface area contributed by atoms with Crippen LogP contribution in [0, 0.1) is 0 Å². The number of hydrogen-bond donors (Lipinski definition) is 2. The highest BCUT2D eigenvalue weighted by molar-refractivity contribution is 7.98. The van der Waals surface area contributed by atoms with Gasteiger partial charge in [-0.1, -0.05) is 30.5 Å². The fourth-order valence-electron chi connectivity index (χ4n) is 3.42. The molecule has 0 unspecified atom stereocenters. The van der Waals surface area contributed by atoms with E-state index >= 15 is 0 Å². The van der Waals surface area contributed by atoms with E-state index in [4.69, 9.17) is 11.6 Å². The average molecular weight is 391 g/mol. The summed E-state index contributed by atoms with van der Waals surface area (Å²) in [4.78, 5) is 24.7. The molecule has 1 aromatic heterocycles. The summed E-state index contributed by atoms with van der Waals surface area (Å²) in [6, 6.07) is 7.37. The molecule has 1 aliphatic heterocycles. The Labute approximate surface area is 160 Å². The van der Waals surface area contributed by atoms with Gasteiger partial charge in [-0.2, -0.15) is 16.9 Å². The van der Waals surface area contributed by atoms with E-state index in [-0.39, 0.29) is 6.04 Å². The Morgan fingerprint density at radius 1 is 1.19 bits per heavy atom. The fourth-order valence-corrected chi connectivity index (χ4v) is 4.64. The highest BCUT2D eigenvalue weighted by Crippen LogP contribution is 2.36. The standard InChI is InChI=1S/C18H19ClN4O2S/c19-11-4-3-7-13(8-11)23-16(14-9-26-10-15(14)22-23)21-18(25)17(24)20-12-5-1-2-6-12/h3-4,7-8,12H,1-2,5-6,9-10H2,(H,20,24)(H,21,25).